The van der Waals surface area contributed by atoms with Crippen LogP contribution in [0.3, 0.4) is 0 Å². The predicted molar refractivity (Wildman–Crippen MR) is 198 cm³/mol. The van der Waals surface area contributed by atoms with Gasteiger partial charge in [-0.3, -0.25) is 14.4 Å². The summed E-state index contributed by atoms with van der Waals surface area (Å²) in [5.74, 6) is -1.43. The molecule has 0 aromatic heterocycles. The highest BCUT2D eigenvalue weighted by Gasteiger charge is 2.49. The zero-order valence-electron chi connectivity index (χ0n) is 30.4. The van der Waals surface area contributed by atoms with Crippen LogP contribution in [0.15, 0.2) is 115 Å². The lowest BCUT2D eigenvalue weighted by atomic mass is 9.80. The van der Waals surface area contributed by atoms with Crippen molar-refractivity contribution in [2.75, 3.05) is 34.4 Å². The minimum atomic E-state index is -1.76. The lowest BCUT2D eigenvalue weighted by molar-refractivity contribution is -0.146. The minimum Gasteiger partial charge on any atom is -0.497 e. The third kappa shape index (κ3) is 7.82. The highest BCUT2D eigenvalue weighted by Crippen LogP contribution is 2.43. The van der Waals surface area contributed by atoms with E-state index in [9.17, 15) is 24.4 Å². The van der Waals surface area contributed by atoms with Gasteiger partial charge in [-0.1, -0.05) is 60.7 Å². The van der Waals surface area contributed by atoms with Crippen LogP contribution in [0, 0.1) is 5.92 Å². The molecule has 0 bridgehead atoms. The van der Waals surface area contributed by atoms with Crippen LogP contribution in [0.25, 0.3) is 0 Å². The van der Waals surface area contributed by atoms with Crippen LogP contribution in [0.4, 0.5) is 0 Å². The molecule has 2 aliphatic heterocycles. The van der Waals surface area contributed by atoms with E-state index in [1.807, 2.05) is 78.9 Å². The number of ether oxygens (including phenoxy) is 6. The van der Waals surface area contributed by atoms with Crippen LogP contribution in [0.5, 0.6) is 17.2 Å². The zero-order chi connectivity index (χ0) is 38.4. The molecule has 0 spiro atoms. The summed E-state index contributed by atoms with van der Waals surface area (Å²) in [6.45, 7) is 1.04. The van der Waals surface area contributed by atoms with Crippen molar-refractivity contribution in [3.05, 3.63) is 137 Å². The van der Waals surface area contributed by atoms with E-state index in [4.69, 9.17) is 28.4 Å². The predicted octanol–water partition coefficient (Wildman–Crippen LogP) is 4.35. The molecule has 1 saturated heterocycles. The Morgan fingerprint density at radius 3 is 1.83 bits per heavy atom. The van der Waals surface area contributed by atoms with Crippen LogP contribution in [-0.4, -0.2) is 92.5 Å². The maximum atomic E-state index is 14.0. The van der Waals surface area contributed by atoms with E-state index in [-0.39, 0.29) is 24.2 Å². The second-order valence-electron chi connectivity index (χ2n) is 13.0. The van der Waals surface area contributed by atoms with E-state index in [1.54, 1.807) is 33.3 Å². The Morgan fingerprint density at radius 1 is 0.796 bits per heavy atom. The second-order valence-corrected chi connectivity index (χ2v) is 13.0. The molecule has 0 radical (unpaired) electrons. The molecule has 12 nitrogen and oxygen atoms in total. The Morgan fingerprint density at radius 2 is 1.31 bits per heavy atom. The Hall–Kier alpha value is -5.31. The van der Waals surface area contributed by atoms with E-state index in [1.165, 1.54) is 25.3 Å². The first kappa shape index (κ1) is 38.4. The van der Waals surface area contributed by atoms with E-state index < -0.39 is 61.2 Å². The first-order chi connectivity index (χ1) is 26.1. The summed E-state index contributed by atoms with van der Waals surface area (Å²) in [5.41, 5.74) is 1.51. The average Bonchev–Trinajstić information content (AvgIpc) is 3.62. The summed E-state index contributed by atoms with van der Waals surface area (Å²) in [4.78, 5) is 41.5. The van der Waals surface area contributed by atoms with Gasteiger partial charge in [-0.05, 0) is 72.1 Å². The summed E-state index contributed by atoms with van der Waals surface area (Å²) in [7, 11) is 2.91. The molecule has 2 N–H and O–H groups in total. The van der Waals surface area contributed by atoms with Gasteiger partial charge < -0.3 is 38.5 Å². The van der Waals surface area contributed by atoms with Crippen molar-refractivity contribution in [3.8, 4) is 17.2 Å². The Bertz CT molecular complexity index is 1900. The second kappa shape index (κ2) is 16.8. The fourth-order valence-corrected chi connectivity index (χ4v) is 6.95. The first-order valence-corrected chi connectivity index (χ1v) is 17.5. The molecular formula is C41H42BNO11. The molecule has 3 amide bonds. The van der Waals surface area contributed by atoms with Gasteiger partial charge in [0.1, 0.15) is 29.0 Å². The molecule has 280 valence electrons. The number of carbonyl (C=O) groups excluding carboxylic acids is 3. The standard InChI is InChI=1S/C41H42BNO11/c1-26-22-34(40(46)43(38(26)44)39(45)27-10-16-31(49-2)17-11-27)35-23-36(52-25-42(47)48)37(54-35)24-53-41(28-8-6-5-7-9-28,29-12-18-32(50-3)19-13-29)30-14-20-33(51-4)21-15-30/h5-22,34-37,47-48H,23-25H2,1-4H3. The van der Waals surface area contributed by atoms with Crippen molar-refractivity contribution in [1.82, 2.24) is 4.90 Å². The fourth-order valence-electron chi connectivity index (χ4n) is 6.95. The number of imide groups is 3. The van der Waals surface area contributed by atoms with Crippen LogP contribution >= 0.6 is 0 Å². The third-order valence-electron chi connectivity index (χ3n) is 9.74. The monoisotopic (exact) mass is 735 g/mol. The van der Waals surface area contributed by atoms with Crippen molar-refractivity contribution >= 4 is 24.8 Å². The topological polar surface area (TPSA) is 150 Å². The highest BCUT2D eigenvalue weighted by atomic mass is 16.6. The summed E-state index contributed by atoms with van der Waals surface area (Å²) in [6, 6.07) is 30.9. The van der Waals surface area contributed by atoms with Crippen molar-refractivity contribution in [2.45, 2.75) is 37.3 Å². The van der Waals surface area contributed by atoms with Crippen LogP contribution in [0.2, 0.25) is 0 Å². The molecule has 54 heavy (non-hydrogen) atoms. The fraction of sp³-hybridized carbons (Fsp3) is 0.293. The minimum absolute atomic E-state index is 0.0767. The summed E-state index contributed by atoms with van der Waals surface area (Å²) in [5, 5.41) is 19.5. The van der Waals surface area contributed by atoms with Gasteiger partial charge in [-0.2, -0.15) is 0 Å². The molecule has 2 aliphatic rings. The highest BCUT2D eigenvalue weighted by molar-refractivity contribution is 6.40. The largest absolute Gasteiger partial charge is 0.497 e. The van der Waals surface area contributed by atoms with E-state index in [2.05, 4.69) is 0 Å². The Labute approximate surface area is 314 Å². The van der Waals surface area contributed by atoms with Gasteiger partial charge in [-0.25, -0.2) is 4.90 Å². The van der Waals surface area contributed by atoms with Crippen LogP contribution in [0.1, 0.15) is 40.4 Å². The SMILES string of the molecule is COc1ccc(C(=O)N2C(=O)C(C)=CC(C3CC(OCB(O)O)C(COC(c4ccccc4)(c4ccc(OC)cc4)c4ccc(OC)cc4)O3)C2=O)cc1. The van der Waals surface area contributed by atoms with E-state index in [0.29, 0.717) is 22.1 Å². The van der Waals surface area contributed by atoms with Gasteiger partial charge in [0.2, 0.25) is 5.91 Å². The molecule has 4 aromatic carbocycles. The van der Waals surface area contributed by atoms with Crippen LogP contribution < -0.4 is 14.2 Å². The molecule has 13 heteroatoms. The molecule has 4 atom stereocenters. The number of rotatable bonds is 14. The number of benzene rings is 4. The third-order valence-corrected chi connectivity index (χ3v) is 9.74. The number of amides is 3. The zero-order valence-corrected chi connectivity index (χ0v) is 30.4. The summed E-state index contributed by atoms with van der Waals surface area (Å²) >= 11 is 0. The maximum absolute atomic E-state index is 14.0. The molecule has 0 saturated carbocycles. The first-order valence-electron chi connectivity index (χ1n) is 17.5. The number of hydrogen-bond donors (Lipinski definition) is 2. The molecule has 0 aliphatic carbocycles. The number of hydrogen-bond acceptors (Lipinski definition) is 11. The molecule has 6 rings (SSSR count). The van der Waals surface area contributed by atoms with Gasteiger partial charge in [-0.15, -0.1) is 0 Å². The Balaban J connectivity index is 1.34. The average molecular weight is 736 g/mol. The molecule has 4 unspecified atom stereocenters. The maximum Gasteiger partial charge on any atom is 0.479 e. The number of carbonyl (C=O) groups is 3. The summed E-state index contributed by atoms with van der Waals surface area (Å²) in [6.07, 6.45) is -0.797. The van der Waals surface area contributed by atoms with Crippen molar-refractivity contribution in [2.24, 2.45) is 5.92 Å². The van der Waals surface area contributed by atoms with Gasteiger partial charge in [0.25, 0.3) is 11.8 Å². The molecule has 4 aromatic rings. The molecule has 1 fully saturated rings. The van der Waals surface area contributed by atoms with Gasteiger partial charge in [0.15, 0.2) is 0 Å². The molecule has 2 heterocycles. The smallest absolute Gasteiger partial charge is 0.479 e. The van der Waals surface area contributed by atoms with E-state index >= 15 is 0 Å². The summed E-state index contributed by atoms with van der Waals surface area (Å²) < 4.78 is 35.7. The van der Waals surface area contributed by atoms with Gasteiger partial charge in [0, 0.05) is 17.6 Å². The van der Waals surface area contributed by atoms with Crippen molar-refractivity contribution < 1.29 is 52.9 Å². The normalized spacial score (nSPS) is 20.0. The number of methoxy groups -OCH3 is 3. The quantitative estimate of drug-likeness (QED) is 0.108. The van der Waals surface area contributed by atoms with Gasteiger partial charge >= 0.3 is 7.12 Å². The Kier molecular flexibility index (Phi) is 11.9. The van der Waals surface area contributed by atoms with Crippen LogP contribution in [-0.2, 0) is 29.4 Å². The van der Waals surface area contributed by atoms with Crippen molar-refractivity contribution in [3.63, 3.8) is 0 Å². The van der Waals surface area contributed by atoms with Crippen molar-refractivity contribution in [1.29, 1.82) is 0 Å². The molecular weight excluding hydrogens is 693 g/mol. The lowest BCUT2D eigenvalue weighted by Crippen LogP contribution is -2.50. The number of nitrogens with zero attached hydrogens (tertiary/aromatic N) is 1. The lowest BCUT2D eigenvalue weighted by Gasteiger charge is -2.37. The van der Waals surface area contributed by atoms with E-state index in [0.717, 1.165) is 16.7 Å². The van der Waals surface area contributed by atoms with Gasteiger partial charge in [0.05, 0.1) is 52.6 Å².